The summed E-state index contributed by atoms with van der Waals surface area (Å²) in [5, 5.41) is 2.88. The molecular formula is C22H30N2O4S. The van der Waals surface area contributed by atoms with Gasteiger partial charge in [-0.25, -0.2) is 8.42 Å². The van der Waals surface area contributed by atoms with Crippen LogP contribution in [0.5, 0.6) is 5.75 Å². The summed E-state index contributed by atoms with van der Waals surface area (Å²) >= 11 is 0. The minimum absolute atomic E-state index is 0.0789. The number of benzene rings is 2. The number of carbonyl (C=O) groups is 1. The number of hydrogen-bond acceptors (Lipinski definition) is 4. The molecule has 1 N–H and O–H groups in total. The van der Waals surface area contributed by atoms with Crippen molar-refractivity contribution >= 4 is 15.9 Å². The van der Waals surface area contributed by atoms with Gasteiger partial charge in [-0.05, 0) is 49.6 Å². The molecular weight excluding hydrogens is 388 g/mol. The minimum atomic E-state index is -3.49. The number of aryl methyl sites for hydroxylation is 2. The van der Waals surface area contributed by atoms with E-state index in [1.807, 2.05) is 52.8 Å². The maximum Gasteiger partial charge on any atom is 0.258 e. The zero-order valence-electron chi connectivity index (χ0n) is 17.7. The Labute approximate surface area is 173 Å². The normalized spacial score (nSPS) is 12.6. The lowest BCUT2D eigenvalue weighted by Crippen LogP contribution is -2.32. The van der Waals surface area contributed by atoms with Gasteiger partial charge in [-0.3, -0.25) is 4.79 Å². The molecule has 158 valence electrons. The van der Waals surface area contributed by atoms with E-state index >= 15 is 0 Å². The van der Waals surface area contributed by atoms with E-state index in [-0.39, 0.29) is 23.5 Å². The molecule has 0 saturated carbocycles. The average molecular weight is 419 g/mol. The minimum Gasteiger partial charge on any atom is -0.483 e. The molecule has 1 atom stereocenters. The number of ether oxygens (including phenoxy) is 1. The van der Waals surface area contributed by atoms with Crippen LogP contribution in [0.4, 0.5) is 0 Å². The van der Waals surface area contributed by atoms with Crippen LogP contribution in [0, 0.1) is 13.8 Å². The number of para-hydroxylation sites is 1. The van der Waals surface area contributed by atoms with Crippen molar-refractivity contribution < 1.29 is 17.9 Å². The summed E-state index contributed by atoms with van der Waals surface area (Å²) < 4.78 is 32.2. The van der Waals surface area contributed by atoms with E-state index in [4.69, 9.17) is 4.74 Å². The van der Waals surface area contributed by atoms with Crippen molar-refractivity contribution in [1.82, 2.24) is 9.62 Å². The number of hydrogen-bond donors (Lipinski definition) is 1. The Morgan fingerprint density at radius 2 is 1.59 bits per heavy atom. The third-order valence-corrected chi connectivity index (χ3v) is 6.92. The zero-order chi connectivity index (χ0) is 21.6. The van der Waals surface area contributed by atoms with Crippen LogP contribution in [0.1, 0.15) is 43.5 Å². The first-order chi connectivity index (χ1) is 13.7. The first-order valence-corrected chi connectivity index (χ1v) is 11.2. The van der Waals surface area contributed by atoms with E-state index in [9.17, 15) is 13.2 Å². The molecule has 2 rings (SSSR count). The fraction of sp³-hybridized carbons (Fsp3) is 0.409. The lowest BCUT2D eigenvalue weighted by atomic mass is 10.1. The van der Waals surface area contributed by atoms with E-state index in [2.05, 4.69) is 5.32 Å². The molecule has 0 aliphatic rings. The summed E-state index contributed by atoms with van der Waals surface area (Å²) in [4.78, 5) is 12.5. The van der Waals surface area contributed by atoms with Gasteiger partial charge in [-0.1, -0.05) is 44.2 Å². The second kappa shape index (κ2) is 9.89. The van der Waals surface area contributed by atoms with Gasteiger partial charge >= 0.3 is 0 Å². The van der Waals surface area contributed by atoms with Crippen LogP contribution in [0.2, 0.25) is 0 Å². The summed E-state index contributed by atoms with van der Waals surface area (Å²) in [5.41, 5.74) is 2.79. The van der Waals surface area contributed by atoms with E-state index in [0.29, 0.717) is 13.1 Å². The Kier molecular flexibility index (Phi) is 7.81. The van der Waals surface area contributed by atoms with Crippen molar-refractivity contribution in [3.63, 3.8) is 0 Å². The quantitative estimate of drug-likeness (QED) is 0.675. The number of nitrogens with zero attached hydrogens (tertiary/aromatic N) is 1. The van der Waals surface area contributed by atoms with Crippen molar-refractivity contribution in [3.05, 3.63) is 59.2 Å². The molecule has 0 unspecified atom stereocenters. The molecule has 0 aliphatic carbocycles. The van der Waals surface area contributed by atoms with Crippen LogP contribution in [-0.2, 0) is 14.8 Å². The Bertz CT molecular complexity index is 916. The largest absolute Gasteiger partial charge is 0.483 e. The molecule has 1 amide bonds. The number of rotatable bonds is 9. The fourth-order valence-corrected chi connectivity index (χ4v) is 4.63. The van der Waals surface area contributed by atoms with Crippen molar-refractivity contribution in [1.29, 1.82) is 0 Å². The molecule has 0 radical (unpaired) electrons. The second-order valence-corrected chi connectivity index (χ2v) is 8.90. The highest BCUT2D eigenvalue weighted by molar-refractivity contribution is 7.89. The number of nitrogens with one attached hydrogen (secondary N) is 1. The van der Waals surface area contributed by atoms with Crippen molar-refractivity contribution in [2.24, 2.45) is 0 Å². The summed E-state index contributed by atoms with van der Waals surface area (Å²) in [6.07, 6.45) is 0. The van der Waals surface area contributed by atoms with Gasteiger partial charge in [0.1, 0.15) is 5.75 Å². The number of sulfonamides is 1. The van der Waals surface area contributed by atoms with Gasteiger partial charge in [-0.15, -0.1) is 0 Å². The van der Waals surface area contributed by atoms with E-state index in [0.717, 1.165) is 22.4 Å². The summed E-state index contributed by atoms with van der Waals surface area (Å²) in [7, 11) is -3.49. The standard InChI is InChI=1S/C22H30N2O4S/c1-6-24(7-2)29(26,27)20-13-11-19(12-14-20)18(5)23-21(25)15-28-22-16(3)9-8-10-17(22)4/h8-14,18H,6-7,15H2,1-5H3,(H,23,25)/t18-/m0/s1. The van der Waals surface area contributed by atoms with Gasteiger partial charge < -0.3 is 10.1 Å². The highest BCUT2D eigenvalue weighted by atomic mass is 32.2. The van der Waals surface area contributed by atoms with Crippen molar-refractivity contribution in [2.75, 3.05) is 19.7 Å². The van der Waals surface area contributed by atoms with E-state index in [1.54, 1.807) is 24.3 Å². The van der Waals surface area contributed by atoms with Gasteiger partial charge in [0.25, 0.3) is 5.91 Å². The van der Waals surface area contributed by atoms with Gasteiger partial charge in [-0.2, -0.15) is 4.31 Å². The lowest BCUT2D eigenvalue weighted by molar-refractivity contribution is -0.123. The lowest BCUT2D eigenvalue weighted by Gasteiger charge is -2.19. The third kappa shape index (κ3) is 5.58. The molecule has 0 spiro atoms. The molecule has 2 aromatic rings. The van der Waals surface area contributed by atoms with E-state index in [1.165, 1.54) is 4.31 Å². The molecule has 29 heavy (non-hydrogen) atoms. The maximum atomic E-state index is 12.6. The second-order valence-electron chi connectivity index (χ2n) is 6.96. The SMILES string of the molecule is CCN(CC)S(=O)(=O)c1ccc([C@H](C)NC(=O)COc2c(C)cccc2C)cc1. The Hall–Kier alpha value is -2.38. The molecule has 0 fully saturated rings. The first-order valence-electron chi connectivity index (χ1n) is 9.79. The van der Waals surface area contributed by atoms with Crippen LogP contribution in [-0.4, -0.2) is 38.3 Å². The van der Waals surface area contributed by atoms with Crippen LogP contribution < -0.4 is 10.1 Å². The summed E-state index contributed by atoms with van der Waals surface area (Å²) in [6, 6.07) is 12.2. The van der Waals surface area contributed by atoms with E-state index < -0.39 is 10.0 Å². The van der Waals surface area contributed by atoms with Crippen molar-refractivity contribution in [2.45, 2.75) is 45.6 Å². The molecule has 0 aromatic heterocycles. The smallest absolute Gasteiger partial charge is 0.258 e. The van der Waals surface area contributed by atoms with Gasteiger partial charge in [0, 0.05) is 13.1 Å². The van der Waals surface area contributed by atoms with Crippen LogP contribution in [0.25, 0.3) is 0 Å². The fourth-order valence-electron chi connectivity index (χ4n) is 3.17. The topological polar surface area (TPSA) is 75.7 Å². The van der Waals surface area contributed by atoms with Crippen LogP contribution >= 0.6 is 0 Å². The molecule has 0 aliphatic heterocycles. The summed E-state index contributed by atoms with van der Waals surface area (Å²) in [5.74, 6) is 0.487. The molecule has 0 heterocycles. The number of amides is 1. The predicted octanol–water partition coefficient (Wildman–Crippen LogP) is 3.59. The van der Waals surface area contributed by atoms with Crippen molar-refractivity contribution in [3.8, 4) is 5.75 Å². The van der Waals surface area contributed by atoms with Gasteiger partial charge in [0.15, 0.2) is 6.61 Å². The Morgan fingerprint density at radius 3 is 2.10 bits per heavy atom. The predicted molar refractivity (Wildman–Crippen MR) is 115 cm³/mol. The van der Waals surface area contributed by atoms with Crippen LogP contribution in [0.3, 0.4) is 0 Å². The molecule has 0 saturated heterocycles. The summed E-state index contributed by atoms with van der Waals surface area (Å²) in [6.45, 7) is 10.1. The molecule has 7 heteroatoms. The van der Waals surface area contributed by atoms with Gasteiger partial charge in [0.2, 0.25) is 10.0 Å². The monoisotopic (exact) mass is 418 g/mol. The molecule has 2 aromatic carbocycles. The first kappa shape index (κ1) is 22.9. The Morgan fingerprint density at radius 1 is 1.03 bits per heavy atom. The molecule has 6 nitrogen and oxygen atoms in total. The highest BCUT2D eigenvalue weighted by Crippen LogP contribution is 2.22. The molecule has 0 bridgehead atoms. The third-order valence-electron chi connectivity index (χ3n) is 4.86. The zero-order valence-corrected chi connectivity index (χ0v) is 18.5. The average Bonchev–Trinajstić information content (AvgIpc) is 2.68. The maximum absolute atomic E-state index is 12.6. The highest BCUT2D eigenvalue weighted by Gasteiger charge is 2.21. The van der Waals surface area contributed by atoms with Crippen LogP contribution in [0.15, 0.2) is 47.4 Å². The Balaban J connectivity index is 2.00. The number of carbonyl (C=O) groups excluding carboxylic acids is 1. The van der Waals surface area contributed by atoms with Gasteiger partial charge in [0.05, 0.1) is 10.9 Å².